The standard InChI is InChI=1S/C15H24N2O2/c1-11-4-5-12(2)13(8-11)9-15(18)17-14(6-7-16)10-19-3/h4-5,8,14H,6-7,9-10,16H2,1-3H3,(H,17,18). The molecule has 0 saturated heterocycles. The summed E-state index contributed by atoms with van der Waals surface area (Å²) >= 11 is 0. The quantitative estimate of drug-likeness (QED) is 0.781. The Morgan fingerprint density at radius 2 is 2.16 bits per heavy atom. The van der Waals surface area contributed by atoms with E-state index in [-0.39, 0.29) is 11.9 Å². The molecule has 0 aromatic heterocycles. The van der Waals surface area contributed by atoms with Crippen LogP contribution in [0.15, 0.2) is 18.2 Å². The highest BCUT2D eigenvalue weighted by molar-refractivity contribution is 5.79. The predicted molar refractivity (Wildman–Crippen MR) is 77.1 cm³/mol. The molecule has 1 aromatic carbocycles. The van der Waals surface area contributed by atoms with Gasteiger partial charge >= 0.3 is 0 Å². The molecule has 0 heterocycles. The Labute approximate surface area is 115 Å². The molecule has 0 bridgehead atoms. The van der Waals surface area contributed by atoms with Gasteiger partial charge in [-0.05, 0) is 37.9 Å². The maximum Gasteiger partial charge on any atom is 0.224 e. The normalized spacial score (nSPS) is 12.2. The van der Waals surface area contributed by atoms with Crippen molar-refractivity contribution in [1.29, 1.82) is 0 Å². The fraction of sp³-hybridized carbons (Fsp3) is 0.533. The van der Waals surface area contributed by atoms with E-state index in [4.69, 9.17) is 10.5 Å². The second kappa shape index (κ2) is 7.92. The van der Waals surface area contributed by atoms with E-state index in [0.29, 0.717) is 19.6 Å². The smallest absolute Gasteiger partial charge is 0.224 e. The number of methoxy groups -OCH3 is 1. The maximum absolute atomic E-state index is 12.0. The number of nitrogens with two attached hydrogens (primary N) is 1. The molecule has 1 amide bonds. The zero-order chi connectivity index (χ0) is 14.3. The van der Waals surface area contributed by atoms with Crippen molar-refractivity contribution in [2.45, 2.75) is 32.7 Å². The van der Waals surface area contributed by atoms with E-state index in [0.717, 1.165) is 17.5 Å². The number of nitrogens with one attached hydrogen (secondary N) is 1. The number of rotatable bonds is 7. The summed E-state index contributed by atoms with van der Waals surface area (Å²) in [5, 5.41) is 2.97. The van der Waals surface area contributed by atoms with E-state index in [1.165, 1.54) is 5.56 Å². The Morgan fingerprint density at radius 1 is 1.42 bits per heavy atom. The second-order valence-corrected chi connectivity index (χ2v) is 4.90. The number of carbonyl (C=O) groups excluding carboxylic acids is 1. The van der Waals surface area contributed by atoms with Gasteiger partial charge in [0.2, 0.25) is 5.91 Å². The Balaban J connectivity index is 2.60. The first kappa shape index (κ1) is 15.7. The SMILES string of the molecule is COCC(CCN)NC(=O)Cc1cc(C)ccc1C. The van der Waals surface area contributed by atoms with Gasteiger partial charge in [0.15, 0.2) is 0 Å². The minimum atomic E-state index is -0.00684. The zero-order valence-corrected chi connectivity index (χ0v) is 12.0. The number of benzene rings is 1. The van der Waals surface area contributed by atoms with Gasteiger partial charge in [0.1, 0.15) is 0 Å². The lowest BCUT2D eigenvalue weighted by atomic mass is 10.0. The number of amides is 1. The maximum atomic E-state index is 12.0. The highest BCUT2D eigenvalue weighted by atomic mass is 16.5. The molecule has 0 spiro atoms. The van der Waals surface area contributed by atoms with Crippen molar-refractivity contribution in [3.63, 3.8) is 0 Å². The fourth-order valence-electron chi connectivity index (χ4n) is 2.04. The second-order valence-electron chi connectivity index (χ2n) is 4.90. The lowest BCUT2D eigenvalue weighted by Crippen LogP contribution is -2.40. The van der Waals surface area contributed by atoms with Crippen LogP contribution in [-0.2, 0) is 16.0 Å². The largest absolute Gasteiger partial charge is 0.383 e. The molecule has 0 aliphatic carbocycles. The zero-order valence-electron chi connectivity index (χ0n) is 12.0. The molecule has 0 radical (unpaired) electrons. The average Bonchev–Trinajstić information content (AvgIpc) is 2.34. The van der Waals surface area contributed by atoms with Crippen LogP contribution in [0.3, 0.4) is 0 Å². The van der Waals surface area contributed by atoms with Gasteiger partial charge in [0, 0.05) is 7.11 Å². The summed E-state index contributed by atoms with van der Waals surface area (Å²) in [4.78, 5) is 12.0. The summed E-state index contributed by atoms with van der Waals surface area (Å²) in [7, 11) is 1.63. The van der Waals surface area contributed by atoms with Crippen LogP contribution >= 0.6 is 0 Å². The molecule has 0 fully saturated rings. The van der Waals surface area contributed by atoms with Gasteiger partial charge in [-0.2, -0.15) is 0 Å². The van der Waals surface area contributed by atoms with Crippen molar-refractivity contribution in [1.82, 2.24) is 5.32 Å². The average molecular weight is 264 g/mol. The minimum Gasteiger partial charge on any atom is -0.383 e. The molecule has 1 atom stereocenters. The van der Waals surface area contributed by atoms with Crippen LogP contribution in [-0.4, -0.2) is 32.2 Å². The Bertz CT molecular complexity index is 413. The molecule has 1 rings (SSSR count). The molecule has 4 nitrogen and oxygen atoms in total. The van der Waals surface area contributed by atoms with Crippen molar-refractivity contribution in [2.75, 3.05) is 20.3 Å². The van der Waals surface area contributed by atoms with E-state index in [1.807, 2.05) is 19.9 Å². The van der Waals surface area contributed by atoms with Crippen LogP contribution in [0.1, 0.15) is 23.1 Å². The summed E-state index contributed by atoms with van der Waals surface area (Å²) in [5.74, 6) is 0.0178. The van der Waals surface area contributed by atoms with Crippen LogP contribution in [0.25, 0.3) is 0 Å². The van der Waals surface area contributed by atoms with Crippen molar-refractivity contribution < 1.29 is 9.53 Å². The number of hydrogen-bond acceptors (Lipinski definition) is 3. The third kappa shape index (κ3) is 5.41. The molecule has 0 aliphatic rings. The molecule has 1 unspecified atom stereocenters. The van der Waals surface area contributed by atoms with Crippen LogP contribution in [0.2, 0.25) is 0 Å². The Kier molecular flexibility index (Phi) is 6.53. The van der Waals surface area contributed by atoms with Gasteiger partial charge in [-0.15, -0.1) is 0 Å². The van der Waals surface area contributed by atoms with E-state index < -0.39 is 0 Å². The Morgan fingerprint density at radius 3 is 2.79 bits per heavy atom. The first-order valence-electron chi connectivity index (χ1n) is 6.61. The van der Waals surface area contributed by atoms with Crippen molar-refractivity contribution in [3.05, 3.63) is 34.9 Å². The van der Waals surface area contributed by atoms with Crippen molar-refractivity contribution >= 4 is 5.91 Å². The van der Waals surface area contributed by atoms with Crippen molar-refractivity contribution in [3.8, 4) is 0 Å². The number of hydrogen-bond donors (Lipinski definition) is 2. The van der Waals surface area contributed by atoms with Gasteiger partial charge in [0.05, 0.1) is 19.1 Å². The van der Waals surface area contributed by atoms with Crippen LogP contribution in [0.5, 0.6) is 0 Å². The molecule has 0 saturated carbocycles. The predicted octanol–water partition coefficient (Wildman–Crippen LogP) is 1.33. The molecule has 4 heteroatoms. The first-order valence-corrected chi connectivity index (χ1v) is 6.61. The highest BCUT2D eigenvalue weighted by Crippen LogP contribution is 2.11. The van der Waals surface area contributed by atoms with E-state index in [1.54, 1.807) is 7.11 Å². The summed E-state index contributed by atoms with van der Waals surface area (Å²) < 4.78 is 5.08. The van der Waals surface area contributed by atoms with Gasteiger partial charge in [-0.1, -0.05) is 23.8 Å². The fourth-order valence-corrected chi connectivity index (χ4v) is 2.04. The molecule has 106 valence electrons. The van der Waals surface area contributed by atoms with E-state index >= 15 is 0 Å². The number of ether oxygens (including phenoxy) is 1. The molecule has 0 aliphatic heterocycles. The van der Waals surface area contributed by atoms with Gasteiger partial charge in [-0.25, -0.2) is 0 Å². The highest BCUT2D eigenvalue weighted by Gasteiger charge is 2.12. The summed E-state index contributed by atoms with van der Waals surface area (Å²) in [6, 6.07) is 6.15. The molecule has 3 N–H and O–H groups in total. The molecule has 1 aromatic rings. The van der Waals surface area contributed by atoms with Gasteiger partial charge in [0.25, 0.3) is 0 Å². The number of aryl methyl sites for hydroxylation is 2. The third-order valence-corrected chi connectivity index (χ3v) is 3.10. The van der Waals surface area contributed by atoms with Crippen molar-refractivity contribution in [2.24, 2.45) is 5.73 Å². The summed E-state index contributed by atoms with van der Waals surface area (Å²) in [5.41, 5.74) is 8.91. The van der Waals surface area contributed by atoms with Gasteiger partial charge in [-0.3, -0.25) is 4.79 Å². The Hall–Kier alpha value is -1.39. The monoisotopic (exact) mass is 264 g/mol. The lowest BCUT2D eigenvalue weighted by molar-refractivity contribution is -0.121. The molecular weight excluding hydrogens is 240 g/mol. The van der Waals surface area contributed by atoms with E-state index in [2.05, 4.69) is 17.4 Å². The lowest BCUT2D eigenvalue weighted by Gasteiger charge is -2.17. The molecule has 19 heavy (non-hydrogen) atoms. The van der Waals surface area contributed by atoms with Crippen LogP contribution < -0.4 is 11.1 Å². The molecular formula is C15H24N2O2. The van der Waals surface area contributed by atoms with E-state index in [9.17, 15) is 4.79 Å². The van der Waals surface area contributed by atoms with Crippen LogP contribution in [0, 0.1) is 13.8 Å². The summed E-state index contributed by atoms with van der Waals surface area (Å²) in [6.07, 6.45) is 1.13. The van der Waals surface area contributed by atoms with Gasteiger partial charge < -0.3 is 15.8 Å². The minimum absolute atomic E-state index is 0.00684. The summed E-state index contributed by atoms with van der Waals surface area (Å²) in [6.45, 7) is 5.09. The van der Waals surface area contributed by atoms with Crippen LogP contribution in [0.4, 0.5) is 0 Å². The first-order chi connectivity index (χ1) is 9.06. The number of carbonyl (C=O) groups is 1. The topological polar surface area (TPSA) is 64.3 Å². The third-order valence-electron chi connectivity index (χ3n) is 3.10.